The van der Waals surface area contributed by atoms with Gasteiger partial charge in [0.25, 0.3) is 0 Å². The highest BCUT2D eigenvalue weighted by Gasteiger charge is 2.54. The minimum absolute atomic E-state index is 0.0126. The summed E-state index contributed by atoms with van der Waals surface area (Å²) in [6.45, 7) is 1.24. The fourth-order valence-corrected chi connectivity index (χ4v) is 3.87. The highest BCUT2D eigenvalue weighted by molar-refractivity contribution is 5.59. The summed E-state index contributed by atoms with van der Waals surface area (Å²) >= 11 is 0. The molecular formula is C19H16FN5. The average molecular weight is 333 g/mol. The summed E-state index contributed by atoms with van der Waals surface area (Å²) < 4.78 is 13.4. The first-order valence-corrected chi connectivity index (χ1v) is 7.85. The van der Waals surface area contributed by atoms with Gasteiger partial charge in [0.15, 0.2) is 5.41 Å². The van der Waals surface area contributed by atoms with Crippen molar-refractivity contribution < 1.29 is 4.39 Å². The Labute approximate surface area is 145 Å². The first-order chi connectivity index (χ1) is 12.0. The number of hydrogen-bond donors (Lipinski definition) is 1. The van der Waals surface area contributed by atoms with Gasteiger partial charge in [0, 0.05) is 24.9 Å². The predicted octanol–water partition coefficient (Wildman–Crippen LogP) is 2.18. The number of likely N-dealkylation sites (N-methyl/N-ethyl adjacent to an activating group) is 1. The number of nitrogens with zero attached hydrogens (tertiary/aromatic N) is 4. The molecule has 25 heavy (non-hydrogen) atoms. The van der Waals surface area contributed by atoms with E-state index >= 15 is 0 Å². The van der Waals surface area contributed by atoms with Crippen LogP contribution < -0.4 is 5.73 Å². The normalized spacial score (nSPS) is 25.2. The van der Waals surface area contributed by atoms with Crippen molar-refractivity contribution in [3.05, 3.63) is 58.6 Å². The summed E-state index contributed by atoms with van der Waals surface area (Å²) in [6, 6.07) is 12.0. The quantitative estimate of drug-likeness (QED) is 0.849. The minimum atomic E-state index is -1.66. The lowest BCUT2D eigenvalue weighted by molar-refractivity contribution is 0.237. The third kappa shape index (κ3) is 2.38. The summed E-state index contributed by atoms with van der Waals surface area (Å²) in [4.78, 5) is 2.06. The third-order valence-corrected chi connectivity index (χ3v) is 5.08. The van der Waals surface area contributed by atoms with Crippen LogP contribution in [0.2, 0.25) is 0 Å². The van der Waals surface area contributed by atoms with Crippen molar-refractivity contribution in [3.8, 4) is 18.2 Å². The minimum Gasteiger partial charge on any atom is -0.399 e. The Balaban J connectivity index is 2.32. The highest BCUT2D eigenvalue weighted by atomic mass is 19.1. The largest absolute Gasteiger partial charge is 0.399 e. The lowest BCUT2D eigenvalue weighted by Crippen LogP contribution is -2.47. The van der Waals surface area contributed by atoms with Crippen molar-refractivity contribution in [1.29, 1.82) is 15.8 Å². The molecule has 2 atom stereocenters. The molecule has 1 heterocycles. The van der Waals surface area contributed by atoms with Gasteiger partial charge in [-0.05, 0) is 30.3 Å². The van der Waals surface area contributed by atoms with Crippen molar-refractivity contribution in [2.45, 2.75) is 5.92 Å². The number of benzene rings is 1. The van der Waals surface area contributed by atoms with Crippen LogP contribution in [-0.2, 0) is 0 Å². The van der Waals surface area contributed by atoms with Crippen molar-refractivity contribution in [2.75, 3.05) is 20.1 Å². The molecule has 2 aliphatic rings. The molecule has 0 amide bonds. The predicted molar refractivity (Wildman–Crippen MR) is 88.7 cm³/mol. The molecule has 0 radical (unpaired) electrons. The molecule has 1 unspecified atom stereocenters. The molecule has 1 aromatic rings. The van der Waals surface area contributed by atoms with Crippen molar-refractivity contribution in [2.24, 2.45) is 17.1 Å². The van der Waals surface area contributed by atoms with Crippen molar-refractivity contribution in [3.63, 3.8) is 0 Å². The van der Waals surface area contributed by atoms with Crippen LogP contribution in [0.5, 0.6) is 0 Å². The molecular weight excluding hydrogens is 317 g/mol. The van der Waals surface area contributed by atoms with Crippen LogP contribution in [0.3, 0.4) is 0 Å². The van der Waals surface area contributed by atoms with E-state index in [1.54, 1.807) is 12.1 Å². The Kier molecular flexibility index (Phi) is 4.05. The van der Waals surface area contributed by atoms with Gasteiger partial charge in [0.2, 0.25) is 0 Å². The Morgan fingerprint density at radius 3 is 2.40 bits per heavy atom. The fraction of sp³-hybridized carbons (Fsp3) is 0.316. The van der Waals surface area contributed by atoms with Crippen molar-refractivity contribution >= 4 is 0 Å². The van der Waals surface area contributed by atoms with Crippen LogP contribution in [0.1, 0.15) is 11.5 Å². The maximum absolute atomic E-state index is 13.4. The standard InChI is InChI=1S/C19H16FN5/c1-25-7-6-14-15(8-21)18(24)19(10-22,11-23)17(16(14)9-25)12-2-4-13(20)5-3-12/h2-6,16-17H,7,9,24H2,1H3/t16-,17?/m0/s1. The molecule has 6 heteroatoms. The molecule has 2 N–H and O–H groups in total. The summed E-state index contributed by atoms with van der Waals surface area (Å²) in [6.07, 6.45) is 1.93. The molecule has 5 nitrogen and oxygen atoms in total. The van der Waals surface area contributed by atoms with E-state index in [1.807, 2.05) is 13.1 Å². The monoisotopic (exact) mass is 333 g/mol. The number of halogens is 1. The molecule has 0 aromatic heterocycles. The smallest absolute Gasteiger partial charge is 0.191 e. The molecule has 0 saturated carbocycles. The van der Waals surface area contributed by atoms with Crippen LogP contribution in [0.25, 0.3) is 0 Å². The number of hydrogen-bond acceptors (Lipinski definition) is 5. The lowest BCUT2D eigenvalue weighted by Gasteiger charge is -2.45. The molecule has 0 spiro atoms. The van der Waals surface area contributed by atoms with Crippen LogP contribution in [-0.4, -0.2) is 25.0 Å². The molecule has 124 valence electrons. The maximum atomic E-state index is 13.4. The number of rotatable bonds is 1. The van der Waals surface area contributed by atoms with E-state index in [1.165, 1.54) is 12.1 Å². The molecule has 0 bridgehead atoms. The van der Waals surface area contributed by atoms with Gasteiger partial charge in [0.05, 0.1) is 23.4 Å². The second kappa shape index (κ2) is 6.06. The first kappa shape index (κ1) is 16.7. The third-order valence-electron chi connectivity index (χ3n) is 5.08. The van der Waals surface area contributed by atoms with Gasteiger partial charge in [-0.3, -0.25) is 0 Å². The van der Waals surface area contributed by atoms with E-state index < -0.39 is 17.2 Å². The second-order valence-electron chi connectivity index (χ2n) is 6.45. The van der Waals surface area contributed by atoms with E-state index in [4.69, 9.17) is 5.73 Å². The van der Waals surface area contributed by atoms with Gasteiger partial charge in [-0.2, -0.15) is 15.8 Å². The summed E-state index contributed by atoms with van der Waals surface area (Å²) in [5.74, 6) is -1.21. The Bertz CT molecular complexity index is 878. The summed E-state index contributed by atoms with van der Waals surface area (Å²) in [5, 5.41) is 29.3. The average Bonchev–Trinajstić information content (AvgIpc) is 2.62. The summed E-state index contributed by atoms with van der Waals surface area (Å²) in [7, 11) is 1.93. The molecule has 1 aliphatic heterocycles. The zero-order chi connectivity index (χ0) is 18.2. The number of nitriles is 3. The first-order valence-electron chi connectivity index (χ1n) is 7.85. The molecule has 0 fully saturated rings. The maximum Gasteiger partial charge on any atom is 0.191 e. The van der Waals surface area contributed by atoms with Crippen LogP contribution in [0.4, 0.5) is 4.39 Å². The van der Waals surface area contributed by atoms with Gasteiger partial charge in [0.1, 0.15) is 11.9 Å². The summed E-state index contributed by atoms with van der Waals surface area (Å²) in [5.41, 5.74) is 6.15. The van der Waals surface area contributed by atoms with Gasteiger partial charge >= 0.3 is 0 Å². The highest BCUT2D eigenvalue weighted by Crippen LogP contribution is 2.53. The van der Waals surface area contributed by atoms with E-state index in [-0.39, 0.29) is 17.2 Å². The van der Waals surface area contributed by atoms with E-state index in [9.17, 15) is 20.2 Å². The second-order valence-corrected chi connectivity index (χ2v) is 6.45. The molecule has 3 rings (SSSR count). The Morgan fingerprint density at radius 2 is 1.84 bits per heavy atom. The molecule has 1 aromatic carbocycles. The zero-order valence-corrected chi connectivity index (χ0v) is 13.7. The van der Waals surface area contributed by atoms with Gasteiger partial charge in [-0.1, -0.05) is 18.2 Å². The van der Waals surface area contributed by atoms with E-state index in [2.05, 4.69) is 23.1 Å². The lowest BCUT2D eigenvalue weighted by atomic mass is 9.58. The molecule has 0 saturated heterocycles. The number of fused-ring (bicyclic) bond motifs is 1. The zero-order valence-electron chi connectivity index (χ0n) is 13.7. The Morgan fingerprint density at radius 1 is 1.20 bits per heavy atom. The van der Waals surface area contributed by atoms with E-state index in [0.29, 0.717) is 18.7 Å². The van der Waals surface area contributed by atoms with Crippen LogP contribution >= 0.6 is 0 Å². The van der Waals surface area contributed by atoms with Gasteiger partial charge in [-0.15, -0.1) is 0 Å². The van der Waals surface area contributed by atoms with Crippen LogP contribution in [0, 0.1) is 51.1 Å². The number of allylic oxidation sites excluding steroid dienone is 2. The van der Waals surface area contributed by atoms with Gasteiger partial charge in [-0.25, -0.2) is 4.39 Å². The van der Waals surface area contributed by atoms with Gasteiger partial charge < -0.3 is 10.6 Å². The Hall–Kier alpha value is -3.14. The SMILES string of the molecule is CN1CC=C2C(C#N)=C(N)C(C#N)(C#N)C(c3ccc(F)cc3)[C@H]2C1. The topological polar surface area (TPSA) is 101 Å². The van der Waals surface area contributed by atoms with Crippen molar-refractivity contribution in [1.82, 2.24) is 4.90 Å². The van der Waals surface area contributed by atoms with Crippen LogP contribution in [0.15, 0.2) is 47.2 Å². The van der Waals surface area contributed by atoms with E-state index in [0.717, 1.165) is 5.57 Å². The fourth-order valence-electron chi connectivity index (χ4n) is 3.87. The molecule has 1 aliphatic carbocycles. The number of nitrogens with two attached hydrogens (primary N) is 1.